The fraction of sp³-hybridized carbons (Fsp3) is 0.485. The van der Waals surface area contributed by atoms with Crippen molar-refractivity contribution < 1.29 is 9.15 Å². The van der Waals surface area contributed by atoms with Gasteiger partial charge in [0.1, 0.15) is 11.3 Å². The summed E-state index contributed by atoms with van der Waals surface area (Å²) in [6, 6.07) is 19.2. The van der Waals surface area contributed by atoms with Gasteiger partial charge in [0.15, 0.2) is 5.58 Å². The quantitative estimate of drug-likeness (QED) is 0.148. The molecule has 0 aliphatic heterocycles. The molecule has 4 rings (SSSR count). The predicted molar refractivity (Wildman–Crippen MR) is 153 cm³/mol. The molecule has 0 aliphatic rings. The maximum Gasteiger partial charge on any atom is 0.227 e. The van der Waals surface area contributed by atoms with Gasteiger partial charge in [0, 0.05) is 5.56 Å². The summed E-state index contributed by atoms with van der Waals surface area (Å²) in [5, 5.41) is 2.35. The van der Waals surface area contributed by atoms with E-state index in [0.717, 1.165) is 41.9 Å². The number of aromatic nitrogens is 1. The summed E-state index contributed by atoms with van der Waals surface area (Å²) in [6.07, 6.45) is 16.7. The Bertz CT molecular complexity index is 1210. The van der Waals surface area contributed by atoms with Crippen molar-refractivity contribution >= 4 is 21.9 Å². The van der Waals surface area contributed by atoms with Gasteiger partial charge in [-0.25, -0.2) is 4.98 Å². The van der Waals surface area contributed by atoms with E-state index in [0.29, 0.717) is 5.89 Å². The van der Waals surface area contributed by atoms with E-state index in [1.807, 2.05) is 0 Å². The normalized spacial score (nSPS) is 11.5. The van der Waals surface area contributed by atoms with E-state index in [-0.39, 0.29) is 0 Å². The fourth-order valence-electron chi connectivity index (χ4n) is 4.88. The molecular weight excluding hydrogens is 442 g/mol. The molecule has 1 aromatic heterocycles. The number of benzene rings is 3. The summed E-state index contributed by atoms with van der Waals surface area (Å²) < 4.78 is 12.1. The van der Waals surface area contributed by atoms with Crippen LogP contribution >= 0.6 is 0 Å². The molecule has 3 heteroatoms. The molecule has 3 nitrogen and oxygen atoms in total. The van der Waals surface area contributed by atoms with Crippen LogP contribution < -0.4 is 4.74 Å². The van der Waals surface area contributed by atoms with Crippen LogP contribution in [0.3, 0.4) is 0 Å². The molecule has 0 bridgehead atoms. The summed E-state index contributed by atoms with van der Waals surface area (Å²) in [7, 11) is 0. The number of unbranched alkanes of at least 4 members (excludes halogenated alkanes) is 10. The molecule has 0 atom stereocenters. The first-order valence-electron chi connectivity index (χ1n) is 14.3. The molecule has 0 saturated heterocycles. The van der Waals surface area contributed by atoms with Crippen molar-refractivity contribution in [2.45, 2.75) is 97.3 Å². The molecule has 0 spiro atoms. The second kappa shape index (κ2) is 14.1. The average Bonchev–Trinajstić information content (AvgIpc) is 3.33. The first-order valence-corrected chi connectivity index (χ1v) is 14.3. The predicted octanol–water partition coefficient (Wildman–Crippen LogP) is 10.3. The molecule has 0 radical (unpaired) electrons. The van der Waals surface area contributed by atoms with Gasteiger partial charge in [0.2, 0.25) is 5.89 Å². The molecule has 0 saturated carbocycles. The lowest BCUT2D eigenvalue weighted by atomic mass is 10.1. The van der Waals surface area contributed by atoms with Crippen LogP contribution in [0.15, 0.2) is 59.0 Å². The van der Waals surface area contributed by atoms with E-state index in [4.69, 9.17) is 14.1 Å². The van der Waals surface area contributed by atoms with Crippen LogP contribution in [0.1, 0.15) is 96.5 Å². The minimum absolute atomic E-state index is 0.685. The highest BCUT2D eigenvalue weighted by atomic mass is 16.5. The number of oxazole rings is 1. The highest BCUT2D eigenvalue weighted by Gasteiger charge is 2.10. The SMILES string of the molecule is CCCCCCCCCCOc1ccc2cc(-c3nc4cc(CCCCCC)ccc4o3)ccc2c1. The summed E-state index contributed by atoms with van der Waals surface area (Å²) in [6.45, 7) is 5.31. The van der Waals surface area contributed by atoms with Crippen molar-refractivity contribution in [3.05, 3.63) is 60.2 Å². The summed E-state index contributed by atoms with van der Waals surface area (Å²) >= 11 is 0. The topological polar surface area (TPSA) is 35.3 Å². The molecule has 0 amide bonds. The number of rotatable bonds is 16. The van der Waals surface area contributed by atoms with E-state index >= 15 is 0 Å². The van der Waals surface area contributed by atoms with Gasteiger partial charge in [-0.05, 0) is 72.0 Å². The van der Waals surface area contributed by atoms with Crippen molar-refractivity contribution in [1.29, 1.82) is 0 Å². The van der Waals surface area contributed by atoms with Crippen molar-refractivity contribution in [1.82, 2.24) is 4.98 Å². The van der Waals surface area contributed by atoms with E-state index in [1.165, 1.54) is 87.0 Å². The second-order valence-corrected chi connectivity index (χ2v) is 10.2. The van der Waals surface area contributed by atoms with Crippen molar-refractivity contribution in [2.75, 3.05) is 6.61 Å². The molecule has 0 unspecified atom stereocenters. The standard InChI is InChI=1S/C33H43NO2/c1-3-5-7-9-10-11-12-14-22-35-30-20-19-27-24-29(18-17-28(27)25-30)33-34-31-23-26(15-13-8-6-4-2)16-21-32(31)36-33/h16-21,23-25H,3-15,22H2,1-2H3. The second-order valence-electron chi connectivity index (χ2n) is 10.2. The Morgan fingerprint density at radius 3 is 2.17 bits per heavy atom. The molecule has 0 aliphatic carbocycles. The number of fused-ring (bicyclic) bond motifs is 2. The molecule has 0 N–H and O–H groups in total. The average molecular weight is 486 g/mol. The summed E-state index contributed by atoms with van der Waals surface area (Å²) in [5.74, 6) is 1.64. The number of hydrogen-bond acceptors (Lipinski definition) is 3. The minimum Gasteiger partial charge on any atom is -0.494 e. The molecule has 0 fully saturated rings. The lowest BCUT2D eigenvalue weighted by molar-refractivity contribution is 0.304. The van der Waals surface area contributed by atoms with Gasteiger partial charge in [0.05, 0.1) is 6.61 Å². The van der Waals surface area contributed by atoms with Crippen molar-refractivity contribution in [2.24, 2.45) is 0 Å². The van der Waals surface area contributed by atoms with Gasteiger partial charge in [-0.15, -0.1) is 0 Å². The lowest BCUT2D eigenvalue weighted by Gasteiger charge is -2.08. The third kappa shape index (κ3) is 7.59. The molecule has 3 aromatic carbocycles. The Hall–Kier alpha value is -2.81. The molecule has 36 heavy (non-hydrogen) atoms. The lowest BCUT2D eigenvalue weighted by Crippen LogP contribution is -1.97. The largest absolute Gasteiger partial charge is 0.494 e. The van der Waals surface area contributed by atoms with Crippen LogP contribution in [0.5, 0.6) is 5.75 Å². The Kier molecular flexibility index (Phi) is 10.3. The molecule has 192 valence electrons. The molecular formula is C33H43NO2. The van der Waals surface area contributed by atoms with Crippen LogP contribution in [0, 0.1) is 0 Å². The number of hydrogen-bond donors (Lipinski definition) is 0. The third-order valence-electron chi connectivity index (χ3n) is 7.10. The van der Waals surface area contributed by atoms with Gasteiger partial charge in [-0.1, -0.05) is 96.3 Å². The smallest absolute Gasteiger partial charge is 0.227 e. The Morgan fingerprint density at radius 1 is 0.667 bits per heavy atom. The van der Waals surface area contributed by atoms with Gasteiger partial charge >= 0.3 is 0 Å². The molecule has 1 heterocycles. The van der Waals surface area contributed by atoms with E-state index in [2.05, 4.69) is 68.4 Å². The number of ether oxygens (including phenoxy) is 1. The van der Waals surface area contributed by atoms with Crippen LogP contribution in [-0.2, 0) is 6.42 Å². The van der Waals surface area contributed by atoms with Gasteiger partial charge in [-0.3, -0.25) is 0 Å². The first kappa shape index (κ1) is 26.3. The van der Waals surface area contributed by atoms with Gasteiger partial charge in [-0.2, -0.15) is 0 Å². The van der Waals surface area contributed by atoms with Gasteiger partial charge < -0.3 is 9.15 Å². The maximum absolute atomic E-state index is 6.10. The highest BCUT2D eigenvalue weighted by molar-refractivity contribution is 5.88. The fourth-order valence-corrected chi connectivity index (χ4v) is 4.88. The Labute approximate surface area is 217 Å². The number of nitrogens with zero attached hydrogens (tertiary/aromatic N) is 1. The summed E-state index contributed by atoms with van der Waals surface area (Å²) in [5.41, 5.74) is 4.15. The van der Waals surface area contributed by atoms with Crippen molar-refractivity contribution in [3.63, 3.8) is 0 Å². The Morgan fingerprint density at radius 2 is 1.36 bits per heavy atom. The molecule has 4 aromatic rings. The first-order chi connectivity index (χ1) is 17.8. The van der Waals surface area contributed by atoms with Crippen LogP contribution in [-0.4, -0.2) is 11.6 Å². The third-order valence-corrected chi connectivity index (χ3v) is 7.10. The van der Waals surface area contributed by atoms with E-state index < -0.39 is 0 Å². The zero-order valence-electron chi connectivity index (χ0n) is 22.4. The number of aryl methyl sites for hydroxylation is 1. The maximum atomic E-state index is 6.10. The highest BCUT2D eigenvalue weighted by Crippen LogP contribution is 2.29. The van der Waals surface area contributed by atoms with Crippen molar-refractivity contribution in [3.8, 4) is 17.2 Å². The minimum atomic E-state index is 0.685. The monoisotopic (exact) mass is 485 g/mol. The summed E-state index contributed by atoms with van der Waals surface area (Å²) in [4.78, 5) is 4.81. The van der Waals surface area contributed by atoms with Gasteiger partial charge in [0.25, 0.3) is 0 Å². The Balaban J connectivity index is 1.31. The van der Waals surface area contributed by atoms with E-state index in [1.54, 1.807) is 0 Å². The van der Waals surface area contributed by atoms with Crippen LogP contribution in [0.2, 0.25) is 0 Å². The van der Waals surface area contributed by atoms with Crippen LogP contribution in [0.4, 0.5) is 0 Å². The van der Waals surface area contributed by atoms with E-state index in [9.17, 15) is 0 Å². The van der Waals surface area contributed by atoms with Crippen LogP contribution in [0.25, 0.3) is 33.3 Å². The zero-order valence-corrected chi connectivity index (χ0v) is 22.4. The zero-order chi connectivity index (χ0) is 25.0.